The maximum absolute atomic E-state index is 9.79. The van der Waals surface area contributed by atoms with Crippen LogP contribution in [0.3, 0.4) is 0 Å². The first-order chi connectivity index (χ1) is 8.08. The molecule has 2 N–H and O–H groups in total. The van der Waals surface area contributed by atoms with Crippen LogP contribution in [0.1, 0.15) is 46.0 Å². The molecule has 0 saturated heterocycles. The van der Waals surface area contributed by atoms with E-state index >= 15 is 0 Å². The van der Waals surface area contributed by atoms with E-state index in [0.717, 1.165) is 12.5 Å². The highest BCUT2D eigenvalue weighted by Gasteiger charge is 2.44. The summed E-state index contributed by atoms with van der Waals surface area (Å²) in [7, 11) is 0. The predicted octanol–water partition coefficient (Wildman–Crippen LogP) is 1.94. The number of ether oxygens (including phenoxy) is 1. The Morgan fingerprint density at radius 2 is 2.00 bits per heavy atom. The highest BCUT2D eigenvalue weighted by atomic mass is 16.5. The Hall–Kier alpha value is -0.120. The lowest BCUT2D eigenvalue weighted by Crippen LogP contribution is -2.33. The van der Waals surface area contributed by atoms with Crippen LogP contribution >= 0.6 is 0 Å². The van der Waals surface area contributed by atoms with Crippen molar-refractivity contribution in [1.29, 1.82) is 0 Å². The Labute approximate surface area is 105 Å². The normalized spacial score (nSPS) is 29.5. The fraction of sp³-hybridized carbons (Fsp3) is 1.00. The zero-order valence-corrected chi connectivity index (χ0v) is 11.2. The number of aliphatic hydroxyl groups excluding tert-OH is 1. The molecule has 0 bridgehead atoms. The molecule has 0 spiro atoms. The molecule has 3 nitrogen and oxygen atoms in total. The Bertz CT molecular complexity index is 236. The van der Waals surface area contributed by atoms with E-state index in [1.165, 1.54) is 32.1 Å². The molecule has 2 atom stereocenters. The monoisotopic (exact) mass is 241 g/mol. The summed E-state index contributed by atoms with van der Waals surface area (Å²) in [4.78, 5) is 0. The molecule has 2 aliphatic rings. The van der Waals surface area contributed by atoms with E-state index in [1.807, 2.05) is 0 Å². The molecule has 17 heavy (non-hydrogen) atoms. The molecule has 0 aromatic heterocycles. The number of hydrogen-bond donors (Lipinski definition) is 2. The second kappa shape index (κ2) is 5.68. The first-order valence-corrected chi connectivity index (χ1v) is 7.08. The predicted molar refractivity (Wildman–Crippen MR) is 69.0 cm³/mol. The van der Waals surface area contributed by atoms with Gasteiger partial charge in [0, 0.05) is 6.54 Å². The van der Waals surface area contributed by atoms with Gasteiger partial charge in [0.2, 0.25) is 0 Å². The number of hydrogen-bond acceptors (Lipinski definition) is 3. The lowest BCUT2D eigenvalue weighted by Gasteiger charge is -2.16. The van der Waals surface area contributed by atoms with Crippen LogP contribution in [0.2, 0.25) is 0 Å². The molecule has 0 aromatic rings. The third-order valence-electron chi connectivity index (χ3n) is 4.31. The number of aliphatic hydroxyl groups is 1. The summed E-state index contributed by atoms with van der Waals surface area (Å²) in [5.41, 5.74) is 0.526. The SMILES string of the molecule is CC1(C)CC1CNCC(O)COC1CCCC1. The topological polar surface area (TPSA) is 41.5 Å². The van der Waals surface area contributed by atoms with Crippen molar-refractivity contribution in [1.82, 2.24) is 5.32 Å². The van der Waals surface area contributed by atoms with E-state index in [1.54, 1.807) is 0 Å². The van der Waals surface area contributed by atoms with Gasteiger partial charge in [-0.2, -0.15) is 0 Å². The quantitative estimate of drug-likeness (QED) is 0.716. The first kappa shape index (κ1) is 13.3. The molecule has 0 aliphatic heterocycles. The number of rotatable bonds is 7. The smallest absolute Gasteiger partial charge is 0.0897 e. The zero-order valence-electron chi connectivity index (χ0n) is 11.2. The number of nitrogens with one attached hydrogen (secondary N) is 1. The van der Waals surface area contributed by atoms with Gasteiger partial charge < -0.3 is 15.2 Å². The molecule has 2 aliphatic carbocycles. The Kier molecular flexibility index (Phi) is 4.45. The Balaban J connectivity index is 1.47. The van der Waals surface area contributed by atoms with E-state index in [4.69, 9.17) is 4.74 Å². The largest absolute Gasteiger partial charge is 0.389 e. The highest BCUT2D eigenvalue weighted by Crippen LogP contribution is 2.50. The van der Waals surface area contributed by atoms with Gasteiger partial charge in [-0.15, -0.1) is 0 Å². The van der Waals surface area contributed by atoms with E-state index in [-0.39, 0.29) is 6.10 Å². The fourth-order valence-electron chi connectivity index (χ4n) is 2.71. The van der Waals surface area contributed by atoms with Crippen molar-refractivity contribution < 1.29 is 9.84 Å². The van der Waals surface area contributed by atoms with E-state index in [9.17, 15) is 5.11 Å². The van der Waals surface area contributed by atoms with Crippen molar-refractivity contribution in [2.45, 2.75) is 58.2 Å². The molecule has 0 radical (unpaired) electrons. The minimum Gasteiger partial charge on any atom is -0.389 e. The summed E-state index contributed by atoms with van der Waals surface area (Å²) in [5, 5.41) is 13.1. The molecule has 0 aromatic carbocycles. The van der Waals surface area contributed by atoms with Crippen LogP contribution in [0.4, 0.5) is 0 Å². The molecule has 3 heteroatoms. The van der Waals surface area contributed by atoms with Gasteiger partial charge in [-0.3, -0.25) is 0 Å². The van der Waals surface area contributed by atoms with Crippen molar-refractivity contribution in [3.63, 3.8) is 0 Å². The Morgan fingerprint density at radius 3 is 2.59 bits per heavy atom. The van der Waals surface area contributed by atoms with Gasteiger partial charge in [0.15, 0.2) is 0 Å². The van der Waals surface area contributed by atoms with Crippen LogP contribution in [0.5, 0.6) is 0 Å². The maximum Gasteiger partial charge on any atom is 0.0897 e. The van der Waals surface area contributed by atoms with Crippen LogP contribution < -0.4 is 5.32 Å². The van der Waals surface area contributed by atoms with Crippen molar-refractivity contribution in [2.75, 3.05) is 19.7 Å². The van der Waals surface area contributed by atoms with Crippen LogP contribution in [-0.4, -0.2) is 37.0 Å². The van der Waals surface area contributed by atoms with Gasteiger partial charge in [-0.05, 0) is 37.1 Å². The Morgan fingerprint density at radius 1 is 1.35 bits per heavy atom. The molecular formula is C14H27NO2. The van der Waals surface area contributed by atoms with Crippen molar-refractivity contribution >= 4 is 0 Å². The second-order valence-corrected chi connectivity index (χ2v) is 6.44. The summed E-state index contributed by atoms with van der Waals surface area (Å²) in [5.74, 6) is 0.797. The van der Waals surface area contributed by atoms with Crippen LogP contribution in [0.15, 0.2) is 0 Å². The summed E-state index contributed by atoms with van der Waals surface area (Å²) < 4.78 is 5.69. The summed E-state index contributed by atoms with van der Waals surface area (Å²) in [6.45, 7) is 6.80. The van der Waals surface area contributed by atoms with E-state index in [0.29, 0.717) is 24.7 Å². The van der Waals surface area contributed by atoms with E-state index < -0.39 is 0 Å². The summed E-state index contributed by atoms with van der Waals surface area (Å²) in [6.07, 6.45) is 6.30. The third kappa shape index (κ3) is 4.23. The van der Waals surface area contributed by atoms with Gasteiger partial charge in [-0.1, -0.05) is 26.7 Å². The van der Waals surface area contributed by atoms with E-state index in [2.05, 4.69) is 19.2 Å². The first-order valence-electron chi connectivity index (χ1n) is 7.08. The van der Waals surface area contributed by atoms with Crippen molar-refractivity contribution in [3.05, 3.63) is 0 Å². The molecule has 100 valence electrons. The van der Waals surface area contributed by atoms with Gasteiger partial charge in [0.1, 0.15) is 0 Å². The van der Waals surface area contributed by atoms with Gasteiger partial charge in [-0.25, -0.2) is 0 Å². The minimum atomic E-state index is -0.350. The average molecular weight is 241 g/mol. The molecular weight excluding hydrogens is 214 g/mol. The molecule has 2 saturated carbocycles. The highest BCUT2D eigenvalue weighted by molar-refractivity contribution is 4.96. The summed E-state index contributed by atoms with van der Waals surface area (Å²) >= 11 is 0. The van der Waals surface area contributed by atoms with Gasteiger partial charge in [0.25, 0.3) is 0 Å². The second-order valence-electron chi connectivity index (χ2n) is 6.44. The van der Waals surface area contributed by atoms with Crippen molar-refractivity contribution in [2.24, 2.45) is 11.3 Å². The molecule has 0 amide bonds. The maximum atomic E-state index is 9.79. The molecule has 2 rings (SSSR count). The molecule has 0 heterocycles. The molecule has 2 fully saturated rings. The molecule has 2 unspecified atom stereocenters. The standard InChI is InChI=1S/C14H27NO2/c1-14(2)7-11(14)8-15-9-12(16)10-17-13-5-3-4-6-13/h11-13,15-16H,3-10H2,1-2H3. The van der Waals surface area contributed by atoms with Gasteiger partial charge in [0.05, 0.1) is 18.8 Å². The summed E-state index contributed by atoms with van der Waals surface area (Å²) in [6, 6.07) is 0. The van der Waals surface area contributed by atoms with Crippen LogP contribution in [0, 0.1) is 11.3 Å². The van der Waals surface area contributed by atoms with Gasteiger partial charge >= 0.3 is 0 Å². The third-order valence-corrected chi connectivity index (χ3v) is 4.31. The lowest BCUT2D eigenvalue weighted by molar-refractivity contribution is -0.00547. The fourth-order valence-corrected chi connectivity index (χ4v) is 2.71. The van der Waals surface area contributed by atoms with Crippen LogP contribution in [-0.2, 0) is 4.74 Å². The lowest BCUT2D eigenvalue weighted by atomic mass is 10.1. The zero-order chi connectivity index (χ0) is 12.3. The average Bonchev–Trinajstić information content (AvgIpc) is 2.68. The minimum absolute atomic E-state index is 0.350. The van der Waals surface area contributed by atoms with Crippen LogP contribution in [0.25, 0.3) is 0 Å². The van der Waals surface area contributed by atoms with Crippen molar-refractivity contribution in [3.8, 4) is 0 Å².